The van der Waals surface area contributed by atoms with Crippen LogP contribution in [0.25, 0.3) is 0 Å². The van der Waals surface area contributed by atoms with Crippen molar-refractivity contribution in [3.63, 3.8) is 0 Å². The highest BCUT2D eigenvalue weighted by Gasteiger charge is 2.48. The molecule has 1 aliphatic carbocycles. The highest BCUT2D eigenvalue weighted by molar-refractivity contribution is 8.03. The Balaban J connectivity index is 1.62. The molecule has 0 radical (unpaired) electrons. The molecule has 1 amide bonds. The molecular weight excluding hydrogens is 378 g/mol. The fourth-order valence-corrected chi connectivity index (χ4v) is 6.39. The number of amides is 1. The van der Waals surface area contributed by atoms with Gasteiger partial charge in [-0.25, -0.2) is 12.7 Å². The lowest BCUT2D eigenvalue weighted by Gasteiger charge is -2.23. The van der Waals surface area contributed by atoms with Gasteiger partial charge in [-0.1, -0.05) is 53.7 Å². The van der Waals surface area contributed by atoms with E-state index in [0.717, 1.165) is 32.5 Å². The van der Waals surface area contributed by atoms with Crippen molar-refractivity contribution in [2.24, 2.45) is 11.8 Å². The van der Waals surface area contributed by atoms with Crippen molar-refractivity contribution in [3.8, 4) is 0 Å². The summed E-state index contributed by atoms with van der Waals surface area (Å²) in [5, 5.41) is 0. The molecule has 4 rings (SSSR count). The zero-order chi connectivity index (χ0) is 19.0. The van der Waals surface area contributed by atoms with Crippen LogP contribution in [-0.4, -0.2) is 25.2 Å². The predicted molar refractivity (Wildman–Crippen MR) is 107 cm³/mol. The van der Waals surface area contributed by atoms with Gasteiger partial charge in [-0.2, -0.15) is 0 Å². The van der Waals surface area contributed by atoms with Gasteiger partial charge in [0, 0.05) is 11.4 Å². The van der Waals surface area contributed by atoms with Crippen LogP contribution in [0.5, 0.6) is 0 Å². The first-order valence-corrected chi connectivity index (χ1v) is 11.3. The molecule has 0 aromatic heterocycles. The van der Waals surface area contributed by atoms with Crippen LogP contribution in [0.4, 0.5) is 0 Å². The molecule has 1 saturated heterocycles. The third-order valence-electron chi connectivity index (χ3n) is 5.16. The number of sulfonamides is 1. The molecule has 27 heavy (non-hydrogen) atoms. The normalized spacial score (nSPS) is 22.5. The summed E-state index contributed by atoms with van der Waals surface area (Å²) < 4.78 is 27.2. The van der Waals surface area contributed by atoms with Gasteiger partial charge < -0.3 is 0 Å². The van der Waals surface area contributed by atoms with Crippen molar-refractivity contribution < 1.29 is 13.2 Å². The van der Waals surface area contributed by atoms with Gasteiger partial charge in [0.25, 0.3) is 10.0 Å². The van der Waals surface area contributed by atoms with Gasteiger partial charge in [-0.05, 0) is 54.9 Å². The number of hydrogen-bond donors (Lipinski definition) is 0. The SMILES string of the molecule is Cc1ccc(S(=O)(=O)N2C[C@@H]3CCC=C(Sc4ccccc4)[C@@H]3C2=O)cc1. The minimum absolute atomic E-state index is 0.0499. The van der Waals surface area contributed by atoms with Crippen LogP contribution < -0.4 is 0 Å². The summed E-state index contributed by atoms with van der Waals surface area (Å²) in [6.45, 7) is 2.18. The zero-order valence-electron chi connectivity index (χ0n) is 15.0. The maximum absolute atomic E-state index is 13.1. The van der Waals surface area contributed by atoms with Crippen LogP contribution >= 0.6 is 11.8 Å². The zero-order valence-corrected chi connectivity index (χ0v) is 16.7. The number of hydrogen-bond acceptors (Lipinski definition) is 4. The summed E-state index contributed by atoms with van der Waals surface area (Å²) in [4.78, 5) is 15.3. The van der Waals surface area contributed by atoms with Crippen LogP contribution in [0.15, 0.2) is 75.4 Å². The molecule has 0 saturated carbocycles. The van der Waals surface area contributed by atoms with Crippen molar-refractivity contribution in [3.05, 3.63) is 71.1 Å². The smallest absolute Gasteiger partial charge is 0.266 e. The molecule has 1 aliphatic heterocycles. The van der Waals surface area contributed by atoms with Crippen molar-refractivity contribution >= 4 is 27.7 Å². The summed E-state index contributed by atoms with van der Waals surface area (Å²) >= 11 is 1.57. The molecule has 2 atom stereocenters. The predicted octanol–water partition coefficient (Wildman–Crippen LogP) is 4.23. The largest absolute Gasteiger partial charge is 0.273 e. The number of fused-ring (bicyclic) bond motifs is 1. The van der Waals surface area contributed by atoms with Crippen molar-refractivity contribution in [1.29, 1.82) is 0 Å². The molecule has 2 aromatic rings. The van der Waals surface area contributed by atoms with E-state index in [1.165, 1.54) is 0 Å². The molecule has 0 bridgehead atoms. The van der Waals surface area contributed by atoms with Crippen LogP contribution in [0.2, 0.25) is 0 Å². The Hall–Kier alpha value is -2.05. The quantitative estimate of drug-likeness (QED) is 0.772. The van der Waals surface area contributed by atoms with E-state index in [1.54, 1.807) is 36.0 Å². The lowest BCUT2D eigenvalue weighted by Crippen LogP contribution is -2.34. The molecule has 0 N–H and O–H groups in total. The number of thioether (sulfide) groups is 1. The molecular formula is C21H21NO3S2. The third-order valence-corrected chi connectivity index (χ3v) is 8.10. The maximum atomic E-state index is 13.1. The average Bonchev–Trinajstić information content (AvgIpc) is 3.01. The van der Waals surface area contributed by atoms with E-state index in [2.05, 4.69) is 6.08 Å². The van der Waals surface area contributed by atoms with E-state index < -0.39 is 10.0 Å². The molecule has 2 aromatic carbocycles. The Labute approximate surface area is 164 Å². The summed E-state index contributed by atoms with van der Waals surface area (Å²) in [5.74, 6) is -0.604. The number of nitrogens with zero attached hydrogens (tertiary/aromatic N) is 1. The molecule has 140 valence electrons. The highest BCUT2D eigenvalue weighted by Crippen LogP contribution is 2.46. The minimum Gasteiger partial charge on any atom is -0.273 e. The Morgan fingerprint density at radius 3 is 2.44 bits per heavy atom. The number of allylic oxidation sites excluding steroid dienone is 1. The molecule has 4 nitrogen and oxygen atoms in total. The molecule has 0 spiro atoms. The van der Waals surface area contributed by atoms with E-state index >= 15 is 0 Å². The van der Waals surface area contributed by atoms with Crippen LogP contribution in [0, 0.1) is 18.8 Å². The Bertz CT molecular complexity index is 982. The minimum atomic E-state index is -3.81. The molecule has 2 aliphatic rings. The van der Waals surface area contributed by atoms with Crippen LogP contribution in [-0.2, 0) is 14.8 Å². The fourth-order valence-electron chi connectivity index (χ4n) is 3.73. The van der Waals surface area contributed by atoms with Crippen molar-refractivity contribution in [2.75, 3.05) is 6.54 Å². The van der Waals surface area contributed by atoms with Gasteiger partial charge in [0.15, 0.2) is 0 Å². The second-order valence-corrected chi connectivity index (χ2v) is 10.0. The first-order chi connectivity index (χ1) is 13.0. The van der Waals surface area contributed by atoms with E-state index in [-0.39, 0.29) is 29.2 Å². The average molecular weight is 400 g/mol. The molecule has 0 unspecified atom stereocenters. The number of carbonyl (C=O) groups excluding carboxylic acids is 1. The third kappa shape index (κ3) is 3.44. The summed E-state index contributed by atoms with van der Waals surface area (Å²) in [5.41, 5.74) is 0.986. The maximum Gasteiger partial charge on any atom is 0.266 e. The lowest BCUT2D eigenvalue weighted by atomic mass is 9.86. The Morgan fingerprint density at radius 1 is 1.04 bits per heavy atom. The molecule has 6 heteroatoms. The topological polar surface area (TPSA) is 54.5 Å². The number of benzene rings is 2. The number of aryl methyl sites for hydroxylation is 1. The van der Waals surface area contributed by atoms with Gasteiger partial charge in [0.2, 0.25) is 5.91 Å². The second-order valence-electron chi connectivity index (χ2n) is 7.02. The van der Waals surface area contributed by atoms with Crippen LogP contribution in [0.3, 0.4) is 0 Å². The van der Waals surface area contributed by atoms with Gasteiger partial charge in [0.1, 0.15) is 0 Å². The van der Waals surface area contributed by atoms with E-state index in [9.17, 15) is 13.2 Å². The highest BCUT2D eigenvalue weighted by atomic mass is 32.2. The Morgan fingerprint density at radius 2 is 1.74 bits per heavy atom. The standard InChI is InChI=1S/C21H21NO3S2/c1-15-10-12-18(13-11-15)27(24,25)22-14-16-6-5-9-19(20(16)21(22)23)26-17-7-3-2-4-8-17/h2-4,7-13,16,20H,5-6,14H2,1H3/t16-,20+/m0/s1. The van der Waals surface area contributed by atoms with Gasteiger partial charge in [-0.15, -0.1) is 0 Å². The monoisotopic (exact) mass is 399 g/mol. The van der Waals surface area contributed by atoms with Crippen LogP contribution in [0.1, 0.15) is 18.4 Å². The first kappa shape index (κ1) is 18.3. The first-order valence-electron chi connectivity index (χ1n) is 9.03. The van der Waals surface area contributed by atoms with E-state index in [0.29, 0.717) is 0 Å². The van der Waals surface area contributed by atoms with E-state index in [1.807, 2.05) is 37.3 Å². The second kappa shape index (κ2) is 7.17. The number of rotatable bonds is 4. The van der Waals surface area contributed by atoms with Gasteiger partial charge in [-0.3, -0.25) is 4.79 Å². The lowest BCUT2D eigenvalue weighted by molar-refractivity contribution is -0.126. The Kier molecular flexibility index (Phi) is 4.86. The van der Waals surface area contributed by atoms with Crippen molar-refractivity contribution in [1.82, 2.24) is 4.31 Å². The molecule has 1 heterocycles. The number of carbonyl (C=O) groups is 1. The molecule has 1 fully saturated rings. The summed E-state index contributed by atoms with van der Waals surface area (Å²) in [6.07, 6.45) is 3.82. The summed E-state index contributed by atoms with van der Waals surface area (Å²) in [7, 11) is -3.81. The van der Waals surface area contributed by atoms with E-state index in [4.69, 9.17) is 0 Å². The fraction of sp³-hybridized carbons (Fsp3) is 0.286. The summed E-state index contributed by atoms with van der Waals surface area (Å²) in [6, 6.07) is 16.6. The van der Waals surface area contributed by atoms with Crippen molar-refractivity contribution in [2.45, 2.75) is 29.6 Å². The van der Waals surface area contributed by atoms with Gasteiger partial charge >= 0.3 is 0 Å². The van der Waals surface area contributed by atoms with Gasteiger partial charge in [0.05, 0.1) is 10.8 Å².